The number of ether oxygens (including phenoxy) is 1. The first-order valence-electron chi connectivity index (χ1n) is 6.95. The van der Waals surface area contributed by atoms with Gasteiger partial charge in [0.05, 0.1) is 12.2 Å². The van der Waals surface area contributed by atoms with Gasteiger partial charge in [-0.15, -0.1) is 0 Å². The Bertz CT molecular complexity index is 551. The van der Waals surface area contributed by atoms with E-state index in [4.69, 9.17) is 4.74 Å². The van der Waals surface area contributed by atoms with Crippen LogP contribution < -0.4 is 9.64 Å². The summed E-state index contributed by atoms with van der Waals surface area (Å²) in [6.07, 6.45) is 3.69. The number of aromatic carboxylic acids is 1. The lowest BCUT2D eigenvalue weighted by molar-refractivity contribution is -0.117. The summed E-state index contributed by atoms with van der Waals surface area (Å²) in [6.45, 7) is 1.26. The van der Waals surface area contributed by atoms with Gasteiger partial charge in [-0.1, -0.05) is 0 Å². The fourth-order valence-electron chi connectivity index (χ4n) is 2.37. The summed E-state index contributed by atoms with van der Waals surface area (Å²) in [5, 5.41) is 9.17. The Labute approximate surface area is 117 Å². The number of carbonyl (C=O) groups is 2. The molecule has 0 aromatic heterocycles. The maximum Gasteiger partial charge on any atom is 0.335 e. The van der Waals surface area contributed by atoms with Crippen molar-refractivity contribution in [2.45, 2.75) is 25.7 Å². The molecule has 1 saturated carbocycles. The summed E-state index contributed by atoms with van der Waals surface area (Å²) in [5.74, 6) is 0.169. The van der Waals surface area contributed by atoms with Crippen LogP contribution in [0.15, 0.2) is 18.2 Å². The largest absolute Gasteiger partial charge is 0.493 e. The third-order valence-electron chi connectivity index (χ3n) is 3.71. The van der Waals surface area contributed by atoms with Gasteiger partial charge in [-0.05, 0) is 37.3 Å². The van der Waals surface area contributed by atoms with E-state index in [2.05, 4.69) is 0 Å². The highest BCUT2D eigenvalue weighted by atomic mass is 16.5. The van der Waals surface area contributed by atoms with Crippen molar-refractivity contribution in [3.05, 3.63) is 23.8 Å². The van der Waals surface area contributed by atoms with Gasteiger partial charge in [0.2, 0.25) is 5.91 Å². The fraction of sp³-hybridized carbons (Fsp3) is 0.467. The van der Waals surface area contributed by atoms with E-state index in [9.17, 15) is 14.7 Å². The zero-order valence-corrected chi connectivity index (χ0v) is 11.2. The second-order valence-corrected chi connectivity index (χ2v) is 5.42. The minimum Gasteiger partial charge on any atom is -0.493 e. The van der Waals surface area contributed by atoms with Crippen LogP contribution in [0.1, 0.15) is 36.0 Å². The highest BCUT2D eigenvalue weighted by Crippen LogP contribution is 2.32. The van der Waals surface area contributed by atoms with Crippen molar-refractivity contribution < 1.29 is 19.4 Å². The second-order valence-electron chi connectivity index (χ2n) is 5.42. The number of hydrogen-bond donors (Lipinski definition) is 1. The van der Waals surface area contributed by atoms with E-state index in [1.54, 1.807) is 11.0 Å². The van der Waals surface area contributed by atoms with Crippen LogP contribution in [0.3, 0.4) is 0 Å². The Balaban J connectivity index is 1.86. The Morgan fingerprint density at radius 1 is 1.35 bits per heavy atom. The zero-order valence-electron chi connectivity index (χ0n) is 11.2. The standard InChI is InChI=1S/C15H17NO4/c17-14-2-1-5-16(14)12-6-11(15(18)19)7-13(8-12)20-9-10-3-4-10/h6-8,10H,1-5,9H2,(H,18,19). The van der Waals surface area contributed by atoms with E-state index < -0.39 is 5.97 Å². The van der Waals surface area contributed by atoms with Crippen LogP contribution in [0, 0.1) is 5.92 Å². The molecule has 0 radical (unpaired) electrons. The van der Waals surface area contributed by atoms with Crippen molar-refractivity contribution in [1.29, 1.82) is 0 Å². The molecule has 1 aliphatic heterocycles. The van der Waals surface area contributed by atoms with Gasteiger partial charge in [0.1, 0.15) is 5.75 Å². The fourth-order valence-corrected chi connectivity index (χ4v) is 2.37. The molecular weight excluding hydrogens is 258 g/mol. The van der Waals surface area contributed by atoms with Gasteiger partial charge in [0, 0.05) is 24.7 Å². The normalized spacial score (nSPS) is 18.4. The number of amides is 1. The Kier molecular flexibility index (Phi) is 3.34. The maximum absolute atomic E-state index is 11.8. The van der Waals surface area contributed by atoms with E-state index in [1.165, 1.54) is 25.0 Å². The molecule has 1 N–H and O–H groups in total. The summed E-state index contributed by atoms with van der Waals surface area (Å²) in [4.78, 5) is 24.6. The Hall–Kier alpha value is -2.04. The summed E-state index contributed by atoms with van der Waals surface area (Å²) >= 11 is 0. The molecule has 1 heterocycles. The lowest BCUT2D eigenvalue weighted by Gasteiger charge is -2.17. The van der Waals surface area contributed by atoms with E-state index in [1.807, 2.05) is 0 Å². The van der Waals surface area contributed by atoms with Crippen molar-refractivity contribution in [3.63, 3.8) is 0 Å². The molecular formula is C15H17NO4. The number of nitrogens with zero attached hydrogens (tertiary/aromatic N) is 1. The van der Waals surface area contributed by atoms with Gasteiger partial charge >= 0.3 is 5.97 Å². The first-order chi connectivity index (χ1) is 9.63. The minimum atomic E-state index is -1.00. The molecule has 5 heteroatoms. The Morgan fingerprint density at radius 3 is 2.75 bits per heavy atom. The number of carboxylic acid groups (broad SMARTS) is 1. The van der Waals surface area contributed by atoms with Crippen LogP contribution in [0.4, 0.5) is 5.69 Å². The SMILES string of the molecule is O=C(O)c1cc(OCC2CC2)cc(N2CCCC2=O)c1. The molecule has 1 saturated heterocycles. The zero-order chi connectivity index (χ0) is 14.1. The molecule has 2 aliphatic rings. The maximum atomic E-state index is 11.8. The summed E-state index contributed by atoms with van der Waals surface area (Å²) < 4.78 is 5.65. The average Bonchev–Trinajstić information content (AvgIpc) is 3.16. The van der Waals surface area contributed by atoms with Crippen LogP contribution in [0.5, 0.6) is 5.75 Å². The van der Waals surface area contributed by atoms with Crippen molar-refractivity contribution in [2.24, 2.45) is 5.92 Å². The third kappa shape index (κ3) is 2.76. The lowest BCUT2D eigenvalue weighted by Crippen LogP contribution is -2.24. The van der Waals surface area contributed by atoms with Crippen LogP contribution >= 0.6 is 0 Å². The average molecular weight is 275 g/mol. The summed E-state index contributed by atoms with van der Waals surface area (Å²) in [5.41, 5.74) is 0.784. The highest BCUT2D eigenvalue weighted by molar-refractivity contribution is 5.97. The molecule has 0 bridgehead atoms. The predicted octanol–water partition coefficient (Wildman–Crippen LogP) is 2.30. The molecule has 1 amide bonds. The number of anilines is 1. The molecule has 1 aliphatic carbocycles. The molecule has 20 heavy (non-hydrogen) atoms. The van der Waals surface area contributed by atoms with Crippen LogP contribution in [-0.2, 0) is 4.79 Å². The summed E-state index contributed by atoms with van der Waals surface area (Å²) in [6, 6.07) is 4.82. The van der Waals surface area contributed by atoms with Gasteiger partial charge in [-0.2, -0.15) is 0 Å². The van der Waals surface area contributed by atoms with E-state index in [-0.39, 0.29) is 11.5 Å². The highest BCUT2D eigenvalue weighted by Gasteiger charge is 2.25. The minimum absolute atomic E-state index is 0.0423. The molecule has 106 valence electrons. The van der Waals surface area contributed by atoms with Gasteiger partial charge in [-0.3, -0.25) is 4.79 Å². The third-order valence-corrected chi connectivity index (χ3v) is 3.71. The first-order valence-corrected chi connectivity index (χ1v) is 6.95. The monoisotopic (exact) mass is 275 g/mol. The van der Waals surface area contributed by atoms with Crippen LogP contribution in [0.25, 0.3) is 0 Å². The Morgan fingerprint density at radius 2 is 2.15 bits per heavy atom. The summed E-state index contributed by atoms with van der Waals surface area (Å²) in [7, 11) is 0. The molecule has 2 fully saturated rings. The van der Waals surface area contributed by atoms with Gasteiger partial charge < -0.3 is 14.7 Å². The molecule has 1 aromatic rings. The van der Waals surface area contributed by atoms with Crippen molar-refractivity contribution >= 4 is 17.6 Å². The first kappa shape index (κ1) is 13.0. The number of rotatable bonds is 5. The number of benzene rings is 1. The van der Waals surface area contributed by atoms with E-state index in [0.717, 1.165) is 6.42 Å². The molecule has 0 atom stereocenters. The van der Waals surface area contributed by atoms with Crippen molar-refractivity contribution in [2.75, 3.05) is 18.1 Å². The molecule has 0 spiro atoms. The molecule has 5 nitrogen and oxygen atoms in total. The quantitative estimate of drug-likeness (QED) is 0.895. The van der Waals surface area contributed by atoms with E-state index >= 15 is 0 Å². The number of carbonyl (C=O) groups excluding carboxylic acids is 1. The van der Waals surface area contributed by atoms with Crippen molar-refractivity contribution in [3.8, 4) is 5.75 Å². The molecule has 3 rings (SSSR count). The van der Waals surface area contributed by atoms with Crippen LogP contribution in [-0.4, -0.2) is 30.1 Å². The lowest BCUT2D eigenvalue weighted by atomic mass is 10.1. The smallest absolute Gasteiger partial charge is 0.335 e. The van der Waals surface area contributed by atoms with Gasteiger partial charge in [-0.25, -0.2) is 4.79 Å². The second kappa shape index (κ2) is 5.15. The van der Waals surface area contributed by atoms with Crippen LogP contribution in [0.2, 0.25) is 0 Å². The van der Waals surface area contributed by atoms with Crippen molar-refractivity contribution in [1.82, 2.24) is 0 Å². The predicted molar refractivity (Wildman–Crippen MR) is 73.2 cm³/mol. The number of carboxylic acids is 1. The number of hydrogen-bond acceptors (Lipinski definition) is 3. The van der Waals surface area contributed by atoms with Gasteiger partial charge in [0.15, 0.2) is 0 Å². The molecule has 0 unspecified atom stereocenters. The topological polar surface area (TPSA) is 66.8 Å². The van der Waals surface area contributed by atoms with E-state index in [0.29, 0.717) is 36.9 Å². The van der Waals surface area contributed by atoms with Gasteiger partial charge in [0.25, 0.3) is 0 Å². The molecule has 1 aromatic carbocycles.